The van der Waals surface area contributed by atoms with Crippen LogP contribution >= 0.6 is 12.2 Å². The van der Waals surface area contributed by atoms with Gasteiger partial charge < -0.3 is 15.8 Å². The summed E-state index contributed by atoms with van der Waals surface area (Å²) >= 11 is 4.79. The fourth-order valence-electron chi connectivity index (χ4n) is 1.76. The third kappa shape index (κ3) is 2.78. The molecule has 0 unspecified atom stereocenters. The minimum Gasteiger partial charge on any atom is -0.496 e. The quantitative estimate of drug-likeness (QED) is 0.831. The van der Waals surface area contributed by atoms with Gasteiger partial charge >= 0.3 is 0 Å². The van der Waals surface area contributed by atoms with Crippen LogP contribution in [-0.2, 0) is 0 Å². The highest BCUT2D eigenvalue weighted by Gasteiger charge is 2.04. The highest BCUT2D eigenvalue weighted by Crippen LogP contribution is 2.30. The second kappa shape index (κ2) is 5.51. The van der Waals surface area contributed by atoms with Crippen LogP contribution in [0.3, 0.4) is 0 Å². The molecule has 0 saturated carbocycles. The lowest BCUT2D eigenvalue weighted by atomic mass is 10.0. The number of methoxy groups -OCH3 is 1. The molecule has 0 aliphatic carbocycles. The molecule has 3 N–H and O–H groups in total. The summed E-state index contributed by atoms with van der Waals surface area (Å²) in [5, 5.41) is 3.15. The summed E-state index contributed by atoms with van der Waals surface area (Å²) in [6.07, 6.45) is 0. The highest BCUT2D eigenvalue weighted by molar-refractivity contribution is 7.80. The Morgan fingerprint density at radius 2 is 1.78 bits per heavy atom. The van der Waals surface area contributed by atoms with E-state index in [1.807, 2.05) is 48.5 Å². The molecule has 0 saturated heterocycles. The van der Waals surface area contributed by atoms with Gasteiger partial charge in [0.1, 0.15) is 5.75 Å². The normalized spacial score (nSPS) is 9.83. The molecular weight excluding hydrogens is 244 g/mol. The summed E-state index contributed by atoms with van der Waals surface area (Å²) in [4.78, 5) is 0. The van der Waals surface area contributed by atoms with Crippen molar-refractivity contribution in [3.8, 4) is 16.9 Å². The van der Waals surface area contributed by atoms with Crippen molar-refractivity contribution in [2.75, 3.05) is 12.4 Å². The summed E-state index contributed by atoms with van der Waals surface area (Å²) in [6, 6.07) is 15.8. The minimum atomic E-state index is 0.264. The zero-order valence-electron chi connectivity index (χ0n) is 10.0. The lowest BCUT2D eigenvalue weighted by Gasteiger charge is -2.09. The molecule has 2 rings (SSSR count). The molecule has 0 bridgehead atoms. The summed E-state index contributed by atoms with van der Waals surface area (Å²) in [7, 11) is 1.67. The van der Waals surface area contributed by atoms with Crippen LogP contribution in [0.15, 0.2) is 48.5 Å². The lowest BCUT2D eigenvalue weighted by Crippen LogP contribution is -2.18. The van der Waals surface area contributed by atoms with Crippen molar-refractivity contribution in [3.05, 3.63) is 48.5 Å². The number of nitrogens with two attached hydrogens (primary N) is 1. The molecule has 0 radical (unpaired) electrons. The second-order valence-corrected chi connectivity index (χ2v) is 4.21. The zero-order valence-corrected chi connectivity index (χ0v) is 10.8. The van der Waals surface area contributed by atoms with Gasteiger partial charge in [0.15, 0.2) is 5.11 Å². The Morgan fingerprint density at radius 1 is 1.11 bits per heavy atom. The van der Waals surface area contributed by atoms with Crippen molar-refractivity contribution in [1.29, 1.82) is 0 Å². The smallest absolute Gasteiger partial charge is 0.168 e. The third-order valence-corrected chi connectivity index (χ3v) is 2.67. The third-order valence-electron chi connectivity index (χ3n) is 2.57. The Morgan fingerprint density at radius 3 is 2.39 bits per heavy atom. The summed E-state index contributed by atoms with van der Waals surface area (Å²) in [6.45, 7) is 0. The molecule has 4 heteroatoms. The fraction of sp³-hybridized carbons (Fsp3) is 0.0714. The molecule has 0 fully saturated rings. The van der Waals surface area contributed by atoms with Crippen LogP contribution in [0, 0.1) is 0 Å². The van der Waals surface area contributed by atoms with Gasteiger partial charge in [0.25, 0.3) is 0 Å². The predicted molar refractivity (Wildman–Crippen MR) is 78.8 cm³/mol. The number of benzene rings is 2. The number of rotatable bonds is 3. The monoisotopic (exact) mass is 258 g/mol. The Balaban J connectivity index is 2.31. The van der Waals surface area contributed by atoms with E-state index in [4.69, 9.17) is 22.7 Å². The molecule has 18 heavy (non-hydrogen) atoms. The van der Waals surface area contributed by atoms with E-state index in [1.165, 1.54) is 0 Å². The number of nitrogens with one attached hydrogen (secondary N) is 1. The number of hydrogen-bond donors (Lipinski definition) is 2. The van der Waals surface area contributed by atoms with E-state index < -0.39 is 0 Å². The van der Waals surface area contributed by atoms with Gasteiger partial charge in [-0.05, 0) is 36.0 Å². The van der Waals surface area contributed by atoms with E-state index in [-0.39, 0.29) is 5.11 Å². The van der Waals surface area contributed by atoms with E-state index in [2.05, 4.69) is 5.32 Å². The maximum Gasteiger partial charge on any atom is 0.168 e. The minimum absolute atomic E-state index is 0.264. The van der Waals surface area contributed by atoms with Gasteiger partial charge in [-0.3, -0.25) is 0 Å². The summed E-state index contributed by atoms with van der Waals surface area (Å²) < 4.78 is 5.34. The van der Waals surface area contributed by atoms with Crippen LogP contribution in [0.2, 0.25) is 0 Å². The average Bonchev–Trinajstić information content (AvgIpc) is 2.39. The highest BCUT2D eigenvalue weighted by atomic mass is 32.1. The number of ether oxygens (including phenoxy) is 1. The zero-order chi connectivity index (χ0) is 13.0. The number of hydrogen-bond acceptors (Lipinski definition) is 2. The van der Waals surface area contributed by atoms with Crippen LogP contribution in [0.5, 0.6) is 5.75 Å². The molecule has 0 heterocycles. The molecule has 0 aliphatic rings. The molecule has 92 valence electrons. The van der Waals surface area contributed by atoms with Gasteiger partial charge in [-0.15, -0.1) is 0 Å². The van der Waals surface area contributed by atoms with E-state index in [9.17, 15) is 0 Å². The van der Waals surface area contributed by atoms with Crippen LogP contribution in [0.4, 0.5) is 5.69 Å². The molecule has 2 aromatic rings. The molecule has 0 spiro atoms. The number of para-hydroxylation sites is 1. The van der Waals surface area contributed by atoms with Crippen LogP contribution in [0.25, 0.3) is 11.1 Å². The van der Waals surface area contributed by atoms with Crippen LogP contribution in [-0.4, -0.2) is 12.2 Å². The maximum atomic E-state index is 5.42. The Hall–Kier alpha value is -2.07. The van der Waals surface area contributed by atoms with Gasteiger partial charge in [-0.2, -0.15) is 0 Å². The van der Waals surface area contributed by atoms with Crippen molar-refractivity contribution >= 4 is 23.0 Å². The molecule has 3 nitrogen and oxygen atoms in total. The largest absolute Gasteiger partial charge is 0.496 e. The standard InChI is InChI=1S/C14H14N2OS/c1-17-13-5-3-2-4-12(13)10-6-8-11(9-7-10)16-14(15)18/h2-9H,1H3,(H3,15,16,18). The van der Waals surface area contributed by atoms with Gasteiger partial charge in [-0.1, -0.05) is 30.3 Å². The van der Waals surface area contributed by atoms with E-state index in [0.717, 1.165) is 22.6 Å². The Labute approximate surface area is 112 Å². The van der Waals surface area contributed by atoms with E-state index in [0.29, 0.717) is 0 Å². The molecule has 0 aromatic heterocycles. The molecule has 0 amide bonds. The molecule has 0 atom stereocenters. The van der Waals surface area contributed by atoms with Crippen molar-refractivity contribution in [1.82, 2.24) is 0 Å². The lowest BCUT2D eigenvalue weighted by molar-refractivity contribution is 0.416. The van der Waals surface area contributed by atoms with Gasteiger partial charge in [0, 0.05) is 11.3 Å². The molecule has 2 aromatic carbocycles. The first kappa shape index (κ1) is 12.4. The average molecular weight is 258 g/mol. The van der Waals surface area contributed by atoms with E-state index >= 15 is 0 Å². The number of thiocarbonyl (C=S) groups is 1. The van der Waals surface area contributed by atoms with Crippen molar-refractivity contribution < 1.29 is 4.74 Å². The SMILES string of the molecule is COc1ccccc1-c1ccc(NC(N)=S)cc1. The summed E-state index contributed by atoms with van der Waals surface area (Å²) in [5.41, 5.74) is 8.44. The Kier molecular flexibility index (Phi) is 3.79. The first-order valence-corrected chi connectivity index (χ1v) is 5.91. The first-order chi connectivity index (χ1) is 8.70. The Bertz CT molecular complexity index is 552. The second-order valence-electron chi connectivity index (χ2n) is 3.77. The predicted octanol–water partition coefficient (Wildman–Crippen LogP) is 3.02. The van der Waals surface area contributed by atoms with Crippen LogP contribution in [0.1, 0.15) is 0 Å². The molecular formula is C14H14N2OS. The molecule has 0 aliphatic heterocycles. The fourth-order valence-corrected chi connectivity index (χ4v) is 1.88. The maximum absolute atomic E-state index is 5.42. The van der Waals surface area contributed by atoms with Crippen molar-refractivity contribution in [3.63, 3.8) is 0 Å². The van der Waals surface area contributed by atoms with Gasteiger partial charge in [0.05, 0.1) is 7.11 Å². The van der Waals surface area contributed by atoms with E-state index in [1.54, 1.807) is 7.11 Å². The van der Waals surface area contributed by atoms with Gasteiger partial charge in [0.2, 0.25) is 0 Å². The van der Waals surface area contributed by atoms with Crippen molar-refractivity contribution in [2.45, 2.75) is 0 Å². The first-order valence-electron chi connectivity index (χ1n) is 5.50. The van der Waals surface area contributed by atoms with Crippen molar-refractivity contribution in [2.24, 2.45) is 5.73 Å². The topological polar surface area (TPSA) is 47.3 Å². The number of anilines is 1. The van der Waals surface area contributed by atoms with Crippen LogP contribution < -0.4 is 15.8 Å². The van der Waals surface area contributed by atoms with Gasteiger partial charge in [-0.25, -0.2) is 0 Å². The summed E-state index contributed by atoms with van der Waals surface area (Å²) in [5.74, 6) is 0.854.